The molecule has 0 atom stereocenters. The van der Waals surface area contributed by atoms with Crippen molar-refractivity contribution >= 4 is 27.4 Å². The van der Waals surface area contributed by atoms with Crippen molar-refractivity contribution in [2.75, 3.05) is 26.2 Å². The first-order valence-corrected chi connectivity index (χ1v) is 15.3. The SMILES string of the molecule is CCCCC(=O)Oc1ccc(-c2sc3ccccc3c2Cc2ccc(OCCN3CCCCCC3)cc2)cc1. The van der Waals surface area contributed by atoms with Crippen molar-refractivity contribution in [2.24, 2.45) is 0 Å². The maximum Gasteiger partial charge on any atom is 0.311 e. The molecule has 1 fully saturated rings. The highest BCUT2D eigenvalue weighted by Gasteiger charge is 2.15. The molecule has 0 saturated carbocycles. The van der Waals surface area contributed by atoms with Gasteiger partial charge in [-0.2, -0.15) is 0 Å². The van der Waals surface area contributed by atoms with E-state index in [4.69, 9.17) is 9.47 Å². The topological polar surface area (TPSA) is 38.8 Å². The van der Waals surface area contributed by atoms with Gasteiger partial charge < -0.3 is 9.47 Å². The van der Waals surface area contributed by atoms with Gasteiger partial charge in [-0.25, -0.2) is 0 Å². The first kappa shape index (κ1) is 27.4. The molecule has 2 heterocycles. The zero-order valence-electron chi connectivity index (χ0n) is 23.0. The van der Waals surface area contributed by atoms with Gasteiger partial charge in [0.1, 0.15) is 18.1 Å². The molecule has 0 aliphatic carbocycles. The zero-order valence-corrected chi connectivity index (χ0v) is 23.8. The van der Waals surface area contributed by atoms with E-state index in [9.17, 15) is 4.79 Å². The van der Waals surface area contributed by atoms with E-state index in [2.05, 4.69) is 72.5 Å². The fourth-order valence-electron chi connectivity index (χ4n) is 5.25. The Bertz CT molecular complexity index is 1340. The van der Waals surface area contributed by atoms with Crippen LogP contribution in [0.3, 0.4) is 0 Å². The fourth-order valence-corrected chi connectivity index (χ4v) is 6.47. The second-order valence-electron chi connectivity index (χ2n) is 10.4. The third-order valence-corrected chi connectivity index (χ3v) is 8.72. The van der Waals surface area contributed by atoms with E-state index in [1.165, 1.54) is 64.9 Å². The van der Waals surface area contributed by atoms with Crippen molar-refractivity contribution in [1.29, 1.82) is 0 Å². The van der Waals surface area contributed by atoms with Gasteiger partial charge >= 0.3 is 5.97 Å². The molecule has 5 rings (SSSR count). The number of benzene rings is 3. The van der Waals surface area contributed by atoms with Gasteiger partial charge in [-0.1, -0.05) is 56.5 Å². The summed E-state index contributed by atoms with van der Waals surface area (Å²) < 4.78 is 12.9. The summed E-state index contributed by atoms with van der Waals surface area (Å²) in [6, 6.07) is 25.2. The molecule has 0 radical (unpaired) electrons. The van der Waals surface area contributed by atoms with Gasteiger partial charge in [0, 0.05) is 22.5 Å². The van der Waals surface area contributed by atoms with Gasteiger partial charge in [0.15, 0.2) is 0 Å². The van der Waals surface area contributed by atoms with Crippen LogP contribution in [0.4, 0.5) is 0 Å². The maximum absolute atomic E-state index is 12.0. The van der Waals surface area contributed by atoms with Crippen LogP contribution in [0.2, 0.25) is 0 Å². The van der Waals surface area contributed by atoms with Gasteiger partial charge in [-0.3, -0.25) is 9.69 Å². The first-order chi connectivity index (χ1) is 19.2. The highest BCUT2D eigenvalue weighted by molar-refractivity contribution is 7.22. The lowest BCUT2D eigenvalue weighted by molar-refractivity contribution is -0.134. The molecule has 1 aliphatic heterocycles. The average Bonchev–Trinajstić information content (AvgIpc) is 3.12. The van der Waals surface area contributed by atoms with Crippen molar-refractivity contribution in [2.45, 2.75) is 58.3 Å². The third-order valence-electron chi connectivity index (χ3n) is 7.46. The van der Waals surface area contributed by atoms with E-state index in [-0.39, 0.29) is 5.97 Å². The number of nitrogens with zero attached hydrogens (tertiary/aromatic N) is 1. The molecule has 1 aromatic heterocycles. The maximum atomic E-state index is 12.0. The van der Waals surface area contributed by atoms with Crippen LogP contribution >= 0.6 is 11.3 Å². The average molecular weight is 542 g/mol. The molecule has 3 aromatic carbocycles. The molecule has 5 heteroatoms. The summed E-state index contributed by atoms with van der Waals surface area (Å²) in [7, 11) is 0. The van der Waals surface area contributed by atoms with Gasteiger partial charge in [0.2, 0.25) is 0 Å². The lowest BCUT2D eigenvalue weighted by Gasteiger charge is -2.19. The predicted molar refractivity (Wildman–Crippen MR) is 162 cm³/mol. The van der Waals surface area contributed by atoms with Crippen LogP contribution < -0.4 is 9.47 Å². The number of esters is 1. The Balaban J connectivity index is 1.27. The van der Waals surface area contributed by atoms with Crippen LogP contribution in [0.25, 0.3) is 20.5 Å². The molecule has 204 valence electrons. The Morgan fingerprint density at radius 3 is 2.33 bits per heavy atom. The van der Waals surface area contributed by atoms with Crippen LogP contribution in [0.5, 0.6) is 11.5 Å². The first-order valence-electron chi connectivity index (χ1n) is 14.4. The standard InChI is InChI=1S/C34H39NO3S/c1-2-3-12-33(36)38-29-19-15-27(16-20-29)34-31(30-10-6-7-11-32(30)39-34)25-26-13-17-28(18-14-26)37-24-23-35-21-8-4-5-9-22-35/h6-7,10-11,13-20H,2-5,8-9,12,21-25H2,1H3. The van der Waals surface area contributed by atoms with E-state index in [1.807, 2.05) is 23.5 Å². The molecule has 1 saturated heterocycles. The third kappa shape index (κ3) is 7.49. The number of rotatable bonds is 11. The Morgan fingerprint density at radius 2 is 1.59 bits per heavy atom. The molecule has 0 N–H and O–H groups in total. The van der Waals surface area contributed by atoms with E-state index >= 15 is 0 Å². The summed E-state index contributed by atoms with van der Waals surface area (Å²) in [6.45, 7) is 6.22. The minimum absolute atomic E-state index is 0.165. The second-order valence-corrected chi connectivity index (χ2v) is 11.5. The van der Waals surface area contributed by atoms with Crippen LogP contribution in [-0.4, -0.2) is 37.1 Å². The number of carbonyl (C=O) groups excluding carboxylic acids is 1. The molecular weight excluding hydrogens is 502 g/mol. The second kappa shape index (κ2) is 13.8. The predicted octanol–water partition coefficient (Wildman–Crippen LogP) is 8.51. The molecule has 1 aliphatic rings. The van der Waals surface area contributed by atoms with Gasteiger partial charge in [0.05, 0.1) is 0 Å². The Labute approximate surface area is 236 Å². The molecule has 4 aromatic rings. The van der Waals surface area contributed by atoms with E-state index in [0.717, 1.165) is 43.7 Å². The normalized spacial score (nSPS) is 14.3. The minimum Gasteiger partial charge on any atom is -0.492 e. The van der Waals surface area contributed by atoms with E-state index < -0.39 is 0 Å². The Morgan fingerprint density at radius 1 is 0.872 bits per heavy atom. The minimum atomic E-state index is -0.165. The summed E-state index contributed by atoms with van der Waals surface area (Å²) in [5.41, 5.74) is 3.74. The highest BCUT2D eigenvalue weighted by atomic mass is 32.1. The lowest BCUT2D eigenvalue weighted by atomic mass is 9.99. The lowest BCUT2D eigenvalue weighted by Crippen LogP contribution is -2.29. The van der Waals surface area contributed by atoms with E-state index in [1.54, 1.807) is 0 Å². The largest absolute Gasteiger partial charge is 0.492 e. The van der Waals surface area contributed by atoms with Crippen LogP contribution in [0.15, 0.2) is 72.8 Å². The summed E-state index contributed by atoms with van der Waals surface area (Å²) in [5.74, 6) is 1.38. The smallest absolute Gasteiger partial charge is 0.311 e. The number of carbonyl (C=O) groups is 1. The Kier molecular flexibility index (Phi) is 9.68. The van der Waals surface area contributed by atoms with Crippen LogP contribution in [-0.2, 0) is 11.2 Å². The van der Waals surface area contributed by atoms with E-state index in [0.29, 0.717) is 12.2 Å². The van der Waals surface area contributed by atoms with Gasteiger partial charge in [-0.15, -0.1) is 11.3 Å². The molecule has 4 nitrogen and oxygen atoms in total. The molecule has 39 heavy (non-hydrogen) atoms. The summed E-state index contributed by atoms with van der Waals surface area (Å²) in [4.78, 5) is 15.8. The van der Waals surface area contributed by atoms with Crippen molar-refractivity contribution < 1.29 is 14.3 Å². The number of thiophene rings is 1. The molecule has 0 bridgehead atoms. The van der Waals surface area contributed by atoms with Crippen molar-refractivity contribution in [3.63, 3.8) is 0 Å². The van der Waals surface area contributed by atoms with Gasteiger partial charge in [-0.05, 0) is 103 Å². The van der Waals surface area contributed by atoms with Crippen molar-refractivity contribution in [1.82, 2.24) is 4.90 Å². The number of hydrogen-bond acceptors (Lipinski definition) is 5. The highest BCUT2D eigenvalue weighted by Crippen LogP contribution is 2.40. The van der Waals surface area contributed by atoms with Crippen LogP contribution in [0, 0.1) is 0 Å². The summed E-state index contributed by atoms with van der Waals surface area (Å²) >= 11 is 1.82. The monoisotopic (exact) mass is 541 g/mol. The molecule has 0 amide bonds. The number of hydrogen-bond donors (Lipinski definition) is 0. The number of ether oxygens (including phenoxy) is 2. The van der Waals surface area contributed by atoms with Gasteiger partial charge in [0.25, 0.3) is 0 Å². The number of fused-ring (bicyclic) bond motifs is 1. The summed E-state index contributed by atoms with van der Waals surface area (Å²) in [6.07, 6.45) is 8.49. The van der Waals surface area contributed by atoms with Crippen molar-refractivity contribution in [3.8, 4) is 21.9 Å². The molecule has 0 spiro atoms. The summed E-state index contributed by atoms with van der Waals surface area (Å²) in [5, 5.41) is 1.30. The molecular formula is C34H39NO3S. The number of unbranched alkanes of at least 4 members (excludes halogenated alkanes) is 1. The zero-order chi connectivity index (χ0) is 26.9. The van der Waals surface area contributed by atoms with Crippen LogP contribution in [0.1, 0.15) is 63.0 Å². The quantitative estimate of drug-likeness (QED) is 0.141. The number of likely N-dealkylation sites (tertiary alicyclic amines) is 1. The molecule has 0 unspecified atom stereocenters. The van der Waals surface area contributed by atoms with Crippen molar-refractivity contribution in [3.05, 3.63) is 83.9 Å². The Hall–Kier alpha value is -3.15. The fraction of sp³-hybridized carbons (Fsp3) is 0.382.